The molecule has 92 valence electrons. The number of hydrogen-bond donors (Lipinski definition) is 0. The standard InChI is InChI=1S/C14H8N2Te3/c1-3-11(17-7-1)9-5-6-10(12-4-2-8-18-12)14-13(9)15-19-16-14/h1-8H. The first-order valence-electron chi connectivity index (χ1n) is 5.76. The molecule has 0 atom stereocenters. The van der Waals surface area contributed by atoms with Gasteiger partial charge in [0.05, 0.1) is 0 Å². The molecule has 0 N–H and O–H groups in total. The fraction of sp³-hybridized carbons (Fsp3) is 0. The Balaban J connectivity index is 2.01. The molecule has 3 heterocycles. The van der Waals surface area contributed by atoms with Gasteiger partial charge in [-0.05, 0) is 0 Å². The number of fused-ring (bicyclic) bond motifs is 1. The van der Waals surface area contributed by atoms with Crippen LogP contribution in [0.1, 0.15) is 0 Å². The van der Waals surface area contributed by atoms with Crippen LogP contribution in [-0.4, -0.2) is 68.3 Å². The Hall–Kier alpha value is 0.149. The molecule has 0 fully saturated rings. The van der Waals surface area contributed by atoms with E-state index in [-0.39, 0.29) is 40.9 Å². The van der Waals surface area contributed by atoms with Crippen molar-refractivity contribution in [1.82, 2.24) is 6.41 Å². The van der Waals surface area contributed by atoms with Crippen LogP contribution >= 0.6 is 0 Å². The molecular weight excluding hydrogens is 579 g/mol. The molecule has 0 spiro atoms. The van der Waals surface area contributed by atoms with Crippen LogP contribution in [0.2, 0.25) is 0 Å². The molecule has 4 aromatic rings. The van der Waals surface area contributed by atoms with Crippen molar-refractivity contribution in [2.75, 3.05) is 0 Å². The first-order valence-corrected chi connectivity index (χ1v) is 12.9. The second-order valence-electron chi connectivity index (χ2n) is 4.08. The summed E-state index contributed by atoms with van der Waals surface area (Å²) in [6.07, 6.45) is 0. The quantitative estimate of drug-likeness (QED) is 0.337. The molecular formula is C14H8N2Te3. The predicted octanol–water partition coefficient (Wildman–Crippen LogP) is 2.13. The summed E-state index contributed by atoms with van der Waals surface area (Å²) in [7, 11) is 0. The van der Waals surface area contributed by atoms with E-state index in [0.29, 0.717) is 0 Å². The van der Waals surface area contributed by atoms with Crippen molar-refractivity contribution in [2.24, 2.45) is 0 Å². The summed E-state index contributed by atoms with van der Waals surface area (Å²) in [6.45, 7) is 0. The third-order valence-corrected chi connectivity index (χ3v) is 9.65. The SMILES string of the molecule is c1c[te]c(-c2ccc(-c3ccc[te]3)c3n[te]nc23)c1. The van der Waals surface area contributed by atoms with Crippen LogP contribution in [0.4, 0.5) is 0 Å². The van der Waals surface area contributed by atoms with E-state index in [9.17, 15) is 0 Å². The second-order valence-corrected chi connectivity index (χ2v) is 11.0. The minimum absolute atomic E-state index is 0.136. The predicted molar refractivity (Wildman–Crippen MR) is 81.2 cm³/mol. The average Bonchev–Trinajstić information content (AvgIpc) is 3.19. The first-order chi connectivity index (χ1) is 9.43. The zero-order valence-electron chi connectivity index (χ0n) is 9.74. The zero-order valence-corrected chi connectivity index (χ0v) is 16.7. The molecule has 4 rings (SSSR count). The Morgan fingerprint density at radius 3 is 1.63 bits per heavy atom. The number of hydrogen-bond acceptors (Lipinski definition) is 2. The van der Waals surface area contributed by atoms with Gasteiger partial charge in [-0.1, -0.05) is 0 Å². The fourth-order valence-corrected chi connectivity index (χ4v) is 8.06. The van der Waals surface area contributed by atoms with Gasteiger partial charge in [-0.3, -0.25) is 0 Å². The van der Waals surface area contributed by atoms with Crippen molar-refractivity contribution >= 4 is 72.9 Å². The molecule has 0 aliphatic rings. The van der Waals surface area contributed by atoms with Gasteiger partial charge in [0, 0.05) is 0 Å². The van der Waals surface area contributed by atoms with Crippen LogP contribution in [0, 0.1) is 0 Å². The molecule has 5 heteroatoms. The van der Waals surface area contributed by atoms with Crippen molar-refractivity contribution in [3.8, 4) is 18.3 Å². The number of aromatic nitrogens is 2. The van der Waals surface area contributed by atoms with Gasteiger partial charge < -0.3 is 0 Å². The normalized spacial score (nSPS) is 11.2. The molecule has 3 aromatic heterocycles. The van der Waals surface area contributed by atoms with Crippen LogP contribution in [0.15, 0.2) is 44.6 Å². The van der Waals surface area contributed by atoms with Gasteiger partial charge in [-0.15, -0.1) is 0 Å². The Morgan fingerprint density at radius 1 is 0.684 bits per heavy atom. The summed E-state index contributed by atoms with van der Waals surface area (Å²) < 4.78 is 17.2. The Kier molecular flexibility index (Phi) is 3.72. The van der Waals surface area contributed by atoms with Gasteiger partial charge in [0.25, 0.3) is 0 Å². The van der Waals surface area contributed by atoms with E-state index in [1.54, 1.807) is 0 Å². The van der Waals surface area contributed by atoms with Crippen molar-refractivity contribution in [3.63, 3.8) is 0 Å². The van der Waals surface area contributed by atoms with Crippen LogP contribution in [0.5, 0.6) is 0 Å². The first kappa shape index (κ1) is 12.9. The van der Waals surface area contributed by atoms with Gasteiger partial charge in [-0.25, -0.2) is 0 Å². The monoisotopic (exact) mass is 594 g/mol. The van der Waals surface area contributed by atoms with E-state index in [1.807, 2.05) is 0 Å². The Morgan fingerprint density at radius 2 is 1.21 bits per heavy atom. The van der Waals surface area contributed by atoms with Crippen LogP contribution in [-0.2, 0) is 0 Å². The Labute approximate surface area is 140 Å². The molecule has 0 aliphatic carbocycles. The van der Waals surface area contributed by atoms with E-state index in [0.717, 1.165) is 0 Å². The van der Waals surface area contributed by atoms with Crippen LogP contribution in [0.25, 0.3) is 29.3 Å². The van der Waals surface area contributed by atoms with Crippen LogP contribution < -0.4 is 0 Å². The molecule has 0 radical (unpaired) electrons. The van der Waals surface area contributed by atoms with Gasteiger partial charge in [0.15, 0.2) is 0 Å². The van der Waals surface area contributed by atoms with E-state index < -0.39 is 21.0 Å². The summed E-state index contributed by atoms with van der Waals surface area (Å²) >= 11 is -0.816. The van der Waals surface area contributed by atoms with Crippen molar-refractivity contribution in [1.29, 1.82) is 0 Å². The third-order valence-electron chi connectivity index (χ3n) is 2.99. The third kappa shape index (κ3) is 2.32. The van der Waals surface area contributed by atoms with E-state index >= 15 is 0 Å². The summed E-state index contributed by atoms with van der Waals surface area (Å²) in [5.74, 6) is 0. The molecule has 0 unspecified atom stereocenters. The second kappa shape index (κ2) is 5.50. The zero-order chi connectivity index (χ0) is 12.7. The van der Waals surface area contributed by atoms with E-state index in [1.165, 1.54) is 29.3 Å². The molecule has 0 saturated carbocycles. The summed E-state index contributed by atoms with van der Waals surface area (Å²) in [5.41, 5.74) is 5.09. The van der Waals surface area contributed by atoms with Gasteiger partial charge >= 0.3 is 142 Å². The van der Waals surface area contributed by atoms with Gasteiger partial charge in [0.2, 0.25) is 0 Å². The summed E-state index contributed by atoms with van der Waals surface area (Å²) in [6, 6.07) is 13.5. The molecule has 19 heavy (non-hydrogen) atoms. The topological polar surface area (TPSA) is 25.8 Å². The van der Waals surface area contributed by atoms with Crippen LogP contribution in [0.3, 0.4) is 0 Å². The van der Waals surface area contributed by atoms with Crippen molar-refractivity contribution in [2.45, 2.75) is 0 Å². The molecule has 0 bridgehead atoms. The minimum atomic E-state index is -0.545. The van der Waals surface area contributed by atoms with E-state index in [2.05, 4.69) is 44.6 Å². The molecule has 0 amide bonds. The van der Waals surface area contributed by atoms with Gasteiger partial charge in [0.1, 0.15) is 0 Å². The maximum absolute atomic E-state index is 4.76. The van der Waals surface area contributed by atoms with E-state index in [4.69, 9.17) is 6.41 Å². The fourth-order valence-electron chi connectivity index (χ4n) is 2.13. The van der Waals surface area contributed by atoms with Crippen molar-refractivity contribution < 1.29 is 0 Å². The Bertz CT molecular complexity index is 746. The van der Waals surface area contributed by atoms with Crippen molar-refractivity contribution in [3.05, 3.63) is 44.6 Å². The average molecular weight is 587 g/mol. The number of nitrogens with zero attached hydrogens (tertiary/aromatic N) is 2. The molecule has 0 aliphatic heterocycles. The number of rotatable bonds is 2. The maximum atomic E-state index is 4.76. The summed E-state index contributed by atoms with van der Waals surface area (Å²) in [4.78, 5) is 0. The molecule has 0 saturated heterocycles. The molecule has 2 nitrogen and oxygen atoms in total. The van der Waals surface area contributed by atoms with Gasteiger partial charge in [-0.2, -0.15) is 0 Å². The summed E-state index contributed by atoms with van der Waals surface area (Å²) in [5, 5.41) is 0. The number of benzene rings is 1. The molecule has 1 aromatic carbocycles.